The second-order valence-electron chi connectivity index (χ2n) is 4.99. The van der Waals surface area contributed by atoms with Crippen LogP contribution in [0, 0.1) is 12.8 Å². The highest BCUT2D eigenvalue weighted by Crippen LogP contribution is 2.33. The molecule has 1 atom stereocenters. The van der Waals surface area contributed by atoms with E-state index in [4.69, 9.17) is 4.52 Å². The number of aromatic nitrogens is 2. The van der Waals surface area contributed by atoms with Crippen molar-refractivity contribution >= 4 is 0 Å². The lowest BCUT2D eigenvalue weighted by Crippen LogP contribution is -2.12. The minimum atomic E-state index is -0.337. The average Bonchev–Trinajstić information content (AvgIpc) is 3.12. The average molecular weight is 244 g/mol. The molecule has 1 aliphatic carbocycles. The van der Waals surface area contributed by atoms with E-state index in [1.165, 1.54) is 5.56 Å². The Morgan fingerprint density at radius 3 is 2.72 bits per heavy atom. The van der Waals surface area contributed by atoms with Crippen LogP contribution in [0.15, 0.2) is 28.8 Å². The van der Waals surface area contributed by atoms with Crippen LogP contribution in [-0.4, -0.2) is 21.4 Å². The van der Waals surface area contributed by atoms with Gasteiger partial charge in [-0.1, -0.05) is 35.0 Å². The van der Waals surface area contributed by atoms with E-state index < -0.39 is 0 Å². The number of aliphatic hydroxyl groups excluding tert-OH is 1. The van der Waals surface area contributed by atoms with Crippen LogP contribution in [0.5, 0.6) is 0 Å². The van der Waals surface area contributed by atoms with Gasteiger partial charge in [-0.15, -0.1) is 0 Å². The third kappa shape index (κ3) is 2.43. The van der Waals surface area contributed by atoms with E-state index >= 15 is 0 Å². The van der Waals surface area contributed by atoms with Gasteiger partial charge in [-0.3, -0.25) is 0 Å². The normalized spacial score (nSPS) is 16.8. The quantitative estimate of drug-likeness (QED) is 0.897. The smallest absolute Gasteiger partial charge is 0.229 e. The number of nitrogens with zero attached hydrogens (tertiary/aromatic N) is 2. The summed E-state index contributed by atoms with van der Waals surface area (Å²) in [6.07, 6.45) is 2.35. The molecular formula is C14H16N2O2. The van der Waals surface area contributed by atoms with Crippen LogP contribution in [0.4, 0.5) is 0 Å². The topological polar surface area (TPSA) is 59.2 Å². The van der Waals surface area contributed by atoms with Gasteiger partial charge in [-0.2, -0.15) is 4.98 Å². The number of benzene rings is 1. The van der Waals surface area contributed by atoms with Gasteiger partial charge in [-0.25, -0.2) is 0 Å². The Morgan fingerprint density at radius 1 is 1.33 bits per heavy atom. The van der Waals surface area contributed by atoms with E-state index in [1.54, 1.807) is 0 Å². The summed E-state index contributed by atoms with van der Waals surface area (Å²) in [7, 11) is 0. The summed E-state index contributed by atoms with van der Waals surface area (Å²) in [4.78, 5) is 4.32. The molecule has 0 radical (unpaired) electrons. The predicted molar refractivity (Wildman–Crippen MR) is 66.9 cm³/mol. The maximum absolute atomic E-state index is 9.83. The van der Waals surface area contributed by atoms with Crippen LogP contribution in [0.25, 0.3) is 11.4 Å². The first-order chi connectivity index (χ1) is 8.72. The molecule has 0 aliphatic heterocycles. The van der Waals surface area contributed by atoms with Crippen LogP contribution in [0.2, 0.25) is 0 Å². The predicted octanol–water partition coefficient (Wildman–Crippen LogP) is 2.36. The summed E-state index contributed by atoms with van der Waals surface area (Å²) in [5, 5.41) is 13.8. The zero-order valence-corrected chi connectivity index (χ0v) is 10.3. The van der Waals surface area contributed by atoms with Gasteiger partial charge in [0.15, 0.2) is 0 Å². The van der Waals surface area contributed by atoms with Crippen LogP contribution in [0.3, 0.4) is 0 Å². The molecular weight excluding hydrogens is 228 g/mol. The number of hydrogen-bond donors (Lipinski definition) is 1. The highest BCUT2D eigenvalue weighted by atomic mass is 16.5. The molecule has 1 saturated carbocycles. The van der Waals surface area contributed by atoms with Gasteiger partial charge in [0, 0.05) is 5.56 Å². The Balaban J connectivity index is 1.74. The molecule has 4 nitrogen and oxygen atoms in total. The summed E-state index contributed by atoms with van der Waals surface area (Å²) in [6, 6.07) is 7.98. The molecule has 3 rings (SSSR count). The van der Waals surface area contributed by atoms with Crippen molar-refractivity contribution in [2.45, 2.75) is 32.3 Å². The molecule has 1 heterocycles. The summed E-state index contributed by atoms with van der Waals surface area (Å²) >= 11 is 0. The van der Waals surface area contributed by atoms with Crippen molar-refractivity contribution in [3.8, 4) is 11.4 Å². The van der Waals surface area contributed by atoms with Gasteiger partial charge < -0.3 is 9.63 Å². The second-order valence-corrected chi connectivity index (χ2v) is 4.99. The van der Waals surface area contributed by atoms with Gasteiger partial charge in [0.2, 0.25) is 11.7 Å². The fraction of sp³-hybridized carbons (Fsp3) is 0.429. The molecule has 0 bridgehead atoms. The summed E-state index contributed by atoms with van der Waals surface area (Å²) in [5.74, 6) is 1.54. The molecule has 4 heteroatoms. The molecule has 94 valence electrons. The maximum atomic E-state index is 9.83. The van der Waals surface area contributed by atoms with Crippen LogP contribution >= 0.6 is 0 Å². The van der Waals surface area contributed by atoms with Crippen LogP contribution in [-0.2, 0) is 6.42 Å². The van der Waals surface area contributed by atoms with E-state index in [2.05, 4.69) is 10.1 Å². The number of aliphatic hydroxyl groups is 1. The molecule has 0 spiro atoms. The lowest BCUT2D eigenvalue weighted by molar-refractivity contribution is 0.140. The largest absolute Gasteiger partial charge is 0.392 e. The van der Waals surface area contributed by atoms with Crippen molar-refractivity contribution < 1.29 is 9.63 Å². The van der Waals surface area contributed by atoms with E-state index in [9.17, 15) is 5.11 Å². The van der Waals surface area contributed by atoms with Crippen molar-refractivity contribution in [1.82, 2.24) is 10.1 Å². The zero-order chi connectivity index (χ0) is 12.5. The molecule has 1 aromatic carbocycles. The fourth-order valence-electron chi connectivity index (χ4n) is 1.98. The standard InChI is InChI=1S/C14H16N2O2/c1-9-2-4-11(5-3-9)14-15-13(18-16-14)8-12(17)10-6-7-10/h2-5,10,12,17H,6-8H2,1H3. The Labute approximate surface area is 106 Å². The zero-order valence-electron chi connectivity index (χ0n) is 10.3. The first-order valence-corrected chi connectivity index (χ1v) is 6.30. The van der Waals surface area contributed by atoms with Gasteiger partial charge in [0.1, 0.15) is 0 Å². The Hall–Kier alpha value is -1.68. The van der Waals surface area contributed by atoms with Gasteiger partial charge in [0.25, 0.3) is 0 Å². The van der Waals surface area contributed by atoms with Crippen molar-refractivity contribution in [2.24, 2.45) is 5.92 Å². The van der Waals surface area contributed by atoms with Crippen molar-refractivity contribution in [3.05, 3.63) is 35.7 Å². The molecule has 2 aromatic rings. The first kappa shape index (κ1) is 11.4. The SMILES string of the molecule is Cc1ccc(-c2noc(CC(O)C3CC3)n2)cc1. The number of rotatable bonds is 4. The monoisotopic (exact) mass is 244 g/mol. The van der Waals surface area contributed by atoms with Crippen LogP contribution < -0.4 is 0 Å². The van der Waals surface area contributed by atoms with E-state index in [-0.39, 0.29) is 6.10 Å². The number of aryl methyl sites for hydroxylation is 1. The molecule has 1 N–H and O–H groups in total. The molecule has 0 saturated heterocycles. The molecule has 1 aliphatic rings. The first-order valence-electron chi connectivity index (χ1n) is 6.30. The lowest BCUT2D eigenvalue weighted by Gasteiger charge is -2.03. The van der Waals surface area contributed by atoms with Gasteiger partial charge >= 0.3 is 0 Å². The van der Waals surface area contributed by atoms with Gasteiger partial charge in [-0.05, 0) is 25.7 Å². The second kappa shape index (κ2) is 4.53. The Kier molecular flexibility index (Phi) is 2.88. The van der Waals surface area contributed by atoms with Crippen molar-refractivity contribution in [1.29, 1.82) is 0 Å². The molecule has 18 heavy (non-hydrogen) atoms. The van der Waals surface area contributed by atoms with E-state index in [0.717, 1.165) is 18.4 Å². The summed E-state index contributed by atoms with van der Waals surface area (Å²) in [6.45, 7) is 2.04. The molecule has 1 fully saturated rings. The van der Waals surface area contributed by atoms with Crippen LogP contribution in [0.1, 0.15) is 24.3 Å². The summed E-state index contributed by atoms with van der Waals surface area (Å²) < 4.78 is 5.18. The third-order valence-corrected chi connectivity index (χ3v) is 3.33. The van der Waals surface area contributed by atoms with Crippen molar-refractivity contribution in [3.63, 3.8) is 0 Å². The van der Waals surface area contributed by atoms with Crippen molar-refractivity contribution in [2.75, 3.05) is 0 Å². The van der Waals surface area contributed by atoms with E-state index in [0.29, 0.717) is 24.1 Å². The number of hydrogen-bond acceptors (Lipinski definition) is 4. The molecule has 0 amide bonds. The molecule has 1 unspecified atom stereocenters. The lowest BCUT2D eigenvalue weighted by atomic mass is 10.1. The fourth-order valence-corrected chi connectivity index (χ4v) is 1.98. The van der Waals surface area contributed by atoms with E-state index in [1.807, 2.05) is 31.2 Å². The molecule has 1 aromatic heterocycles. The third-order valence-electron chi connectivity index (χ3n) is 3.33. The minimum Gasteiger partial charge on any atom is -0.392 e. The maximum Gasteiger partial charge on any atom is 0.229 e. The Bertz CT molecular complexity index is 529. The highest BCUT2D eigenvalue weighted by Gasteiger charge is 2.31. The van der Waals surface area contributed by atoms with Gasteiger partial charge in [0.05, 0.1) is 12.5 Å². The minimum absolute atomic E-state index is 0.337. The Morgan fingerprint density at radius 2 is 2.06 bits per heavy atom. The highest BCUT2D eigenvalue weighted by molar-refractivity contribution is 5.54. The summed E-state index contributed by atoms with van der Waals surface area (Å²) in [5.41, 5.74) is 2.14.